The lowest BCUT2D eigenvalue weighted by Crippen LogP contribution is -2.23. The maximum atomic E-state index is 12.9. The summed E-state index contributed by atoms with van der Waals surface area (Å²) in [5.41, 5.74) is 0.169. The molecule has 7 heteroatoms. The van der Waals surface area contributed by atoms with Crippen molar-refractivity contribution in [2.24, 2.45) is 0 Å². The Labute approximate surface area is 107 Å². The summed E-state index contributed by atoms with van der Waals surface area (Å²) in [7, 11) is 0. The van der Waals surface area contributed by atoms with Gasteiger partial charge >= 0.3 is 6.18 Å². The maximum Gasteiger partial charge on any atom is 0.389 e. The van der Waals surface area contributed by atoms with E-state index in [1.165, 1.54) is 6.07 Å². The van der Waals surface area contributed by atoms with Crippen molar-refractivity contribution in [3.05, 3.63) is 35.4 Å². The Hall–Kier alpha value is -1.21. The van der Waals surface area contributed by atoms with Crippen molar-refractivity contribution in [2.75, 3.05) is 13.1 Å². The predicted octanol–water partition coefficient (Wildman–Crippen LogP) is 2.93. The van der Waals surface area contributed by atoms with E-state index in [2.05, 4.69) is 5.32 Å². The van der Waals surface area contributed by atoms with Gasteiger partial charge in [-0.15, -0.1) is 0 Å². The molecular weight excluding hydrogens is 269 g/mol. The van der Waals surface area contributed by atoms with Crippen LogP contribution in [-0.2, 0) is 0 Å². The summed E-state index contributed by atoms with van der Waals surface area (Å²) in [5, 5.41) is 12.2. The number of hydrogen-bond acceptors (Lipinski definition) is 2. The number of aliphatic hydroxyl groups excluding tert-OH is 1. The third-order valence-electron chi connectivity index (χ3n) is 2.48. The molecule has 108 valence electrons. The molecule has 0 fully saturated rings. The zero-order valence-electron chi connectivity index (χ0n) is 9.97. The molecule has 1 aromatic rings. The highest BCUT2D eigenvalue weighted by Crippen LogP contribution is 2.21. The summed E-state index contributed by atoms with van der Waals surface area (Å²) in [4.78, 5) is 0. The summed E-state index contributed by atoms with van der Waals surface area (Å²) >= 11 is 0. The van der Waals surface area contributed by atoms with Gasteiger partial charge in [0.25, 0.3) is 0 Å². The molecule has 1 aromatic carbocycles. The fourth-order valence-electron chi connectivity index (χ4n) is 1.49. The van der Waals surface area contributed by atoms with Gasteiger partial charge in [-0.25, -0.2) is 8.78 Å². The molecule has 0 aliphatic rings. The molecule has 0 spiro atoms. The van der Waals surface area contributed by atoms with Gasteiger partial charge in [0.05, 0.1) is 6.10 Å². The Balaban J connectivity index is 2.31. The Morgan fingerprint density at radius 3 is 2.42 bits per heavy atom. The van der Waals surface area contributed by atoms with E-state index in [0.29, 0.717) is 0 Å². The minimum Gasteiger partial charge on any atom is -0.387 e. The Morgan fingerprint density at radius 2 is 1.84 bits per heavy atom. The van der Waals surface area contributed by atoms with Gasteiger partial charge in [-0.1, -0.05) is 6.07 Å². The van der Waals surface area contributed by atoms with Crippen LogP contribution >= 0.6 is 0 Å². The van der Waals surface area contributed by atoms with Crippen LogP contribution in [0.2, 0.25) is 0 Å². The average molecular weight is 283 g/mol. The third-order valence-corrected chi connectivity index (χ3v) is 2.48. The highest BCUT2D eigenvalue weighted by molar-refractivity contribution is 5.20. The smallest absolute Gasteiger partial charge is 0.387 e. The summed E-state index contributed by atoms with van der Waals surface area (Å²) in [6.45, 7) is 0.0587. The van der Waals surface area contributed by atoms with E-state index < -0.39 is 30.3 Å². The standard InChI is InChI=1S/C12H14F5NO/c13-9-3-2-8(6-10(9)14)11(19)7-18-5-1-4-12(15,16)17/h2-3,6,11,18-19H,1,4-5,7H2. The monoisotopic (exact) mass is 283 g/mol. The zero-order valence-corrected chi connectivity index (χ0v) is 9.97. The minimum atomic E-state index is -4.19. The van der Waals surface area contributed by atoms with E-state index in [1.54, 1.807) is 0 Å². The molecule has 2 N–H and O–H groups in total. The van der Waals surface area contributed by atoms with Crippen molar-refractivity contribution in [1.82, 2.24) is 5.32 Å². The van der Waals surface area contributed by atoms with Gasteiger partial charge in [0.15, 0.2) is 11.6 Å². The highest BCUT2D eigenvalue weighted by Gasteiger charge is 2.25. The first kappa shape index (κ1) is 15.8. The molecule has 0 aliphatic carbocycles. The predicted molar refractivity (Wildman–Crippen MR) is 59.5 cm³/mol. The Morgan fingerprint density at radius 1 is 1.16 bits per heavy atom. The molecule has 0 heterocycles. The second kappa shape index (κ2) is 6.81. The van der Waals surface area contributed by atoms with Crippen molar-refractivity contribution in [2.45, 2.75) is 25.1 Å². The number of nitrogens with one attached hydrogen (secondary N) is 1. The lowest BCUT2D eigenvalue weighted by molar-refractivity contribution is -0.135. The molecular formula is C12H14F5NO. The molecule has 0 aliphatic heterocycles. The summed E-state index contributed by atoms with van der Waals surface area (Å²) in [6, 6.07) is 2.97. The molecule has 1 atom stereocenters. The molecule has 0 bridgehead atoms. The summed E-state index contributed by atoms with van der Waals surface area (Å²) in [6.07, 6.45) is -6.30. The van der Waals surface area contributed by atoms with E-state index >= 15 is 0 Å². The first-order valence-corrected chi connectivity index (χ1v) is 5.70. The van der Waals surface area contributed by atoms with Gasteiger partial charge in [0, 0.05) is 13.0 Å². The van der Waals surface area contributed by atoms with Crippen LogP contribution in [-0.4, -0.2) is 24.4 Å². The van der Waals surface area contributed by atoms with Gasteiger partial charge in [0.2, 0.25) is 0 Å². The third kappa shape index (κ3) is 5.98. The topological polar surface area (TPSA) is 32.3 Å². The SMILES string of the molecule is OC(CNCCCC(F)(F)F)c1ccc(F)c(F)c1. The van der Waals surface area contributed by atoms with Crippen LogP contribution in [0.4, 0.5) is 22.0 Å². The van der Waals surface area contributed by atoms with Crippen molar-refractivity contribution < 1.29 is 27.1 Å². The molecule has 19 heavy (non-hydrogen) atoms. The van der Waals surface area contributed by atoms with Crippen molar-refractivity contribution in [3.63, 3.8) is 0 Å². The van der Waals surface area contributed by atoms with Crippen LogP contribution in [0.15, 0.2) is 18.2 Å². The Bertz CT molecular complexity index is 408. The van der Waals surface area contributed by atoms with Crippen LogP contribution in [0, 0.1) is 11.6 Å². The van der Waals surface area contributed by atoms with Gasteiger partial charge in [-0.3, -0.25) is 0 Å². The van der Waals surface area contributed by atoms with E-state index in [-0.39, 0.29) is 25.1 Å². The maximum absolute atomic E-state index is 12.9. The largest absolute Gasteiger partial charge is 0.389 e. The van der Waals surface area contributed by atoms with Crippen LogP contribution in [0.3, 0.4) is 0 Å². The normalized spacial score (nSPS) is 13.6. The fourth-order valence-corrected chi connectivity index (χ4v) is 1.49. The van der Waals surface area contributed by atoms with Crippen molar-refractivity contribution >= 4 is 0 Å². The lowest BCUT2D eigenvalue weighted by Gasteiger charge is -2.13. The average Bonchev–Trinajstić information content (AvgIpc) is 2.30. The van der Waals surface area contributed by atoms with Crippen LogP contribution in [0.25, 0.3) is 0 Å². The molecule has 1 rings (SSSR count). The number of rotatable bonds is 6. The number of halogens is 5. The van der Waals surface area contributed by atoms with E-state index in [9.17, 15) is 27.1 Å². The van der Waals surface area contributed by atoms with Gasteiger partial charge in [-0.2, -0.15) is 13.2 Å². The molecule has 0 saturated carbocycles. The van der Waals surface area contributed by atoms with Crippen LogP contribution in [0.5, 0.6) is 0 Å². The zero-order chi connectivity index (χ0) is 14.5. The molecule has 1 unspecified atom stereocenters. The van der Waals surface area contributed by atoms with Crippen molar-refractivity contribution in [1.29, 1.82) is 0 Å². The summed E-state index contributed by atoms with van der Waals surface area (Å²) < 4.78 is 61.0. The Kier molecular flexibility index (Phi) is 5.68. The van der Waals surface area contributed by atoms with Crippen LogP contribution < -0.4 is 5.32 Å². The van der Waals surface area contributed by atoms with E-state index in [4.69, 9.17) is 0 Å². The molecule has 0 amide bonds. The molecule has 2 nitrogen and oxygen atoms in total. The second-order valence-corrected chi connectivity index (χ2v) is 4.11. The van der Waals surface area contributed by atoms with Gasteiger partial charge < -0.3 is 10.4 Å². The van der Waals surface area contributed by atoms with Crippen molar-refractivity contribution in [3.8, 4) is 0 Å². The first-order valence-electron chi connectivity index (χ1n) is 5.70. The minimum absolute atomic E-state index is 0.0249. The molecule has 0 aromatic heterocycles. The summed E-state index contributed by atoms with van der Waals surface area (Å²) in [5.74, 6) is -2.09. The van der Waals surface area contributed by atoms with Gasteiger partial charge in [-0.05, 0) is 30.7 Å². The highest BCUT2D eigenvalue weighted by atomic mass is 19.4. The quantitative estimate of drug-likeness (QED) is 0.621. The van der Waals surface area contributed by atoms with E-state index in [1.807, 2.05) is 0 Å². The van der Waals surface area contributed by atoms with E-state index in [0.717, 1.165) is 12.1 Å². The molecule has 0 radical (unpaired) electrons. The van der Waals surface area contributed by atoms with Gasteiger partial charge in [0.1, 0.15) is 0 Å². The first-order chi connectivity index (χ1) is 8.79. The lowest BCUT2D eigenvalue weighted by atomic mass is 10.1. The second-order valence-electron chi connectivity index (χ2n) is 4.11. The number of aliphatic hydroxyl groups is 1. The molecule has 0 saturated heterocycles. The number of alkyl halides is 3. The number of benzene rings is 1. The number of hydrogen-bond donors (Lipinski definition) is 2. The fraction of sp³-hybridized carbons (Fsp3) is 0.500. The van der Waals surface area contributed by atoms with Crippen LogP contribution in [0.1, 0.15) is 24.5 Å².